The summed E-state index contributed by atoms with van der Waals surface area (Å²) >= 11 is 7.53. The van der Waals surface area contributed by atoms with E-state index >= 15 is 0 Å². The Kier molecular flexibility index (Phi) is 7.00. The second-order valence-corrected chi connectivity index (χ2v) is 7.77. The number of hydrogen-bond acceptors (Lipinski definition) is 3. The van der Waals surface area contributed by atoms with Crippen LogP contribution in [0.2, 0.25) is 0 Å². The molecule has 0 fully saturated rings. The van der Waals surface area contributed by atoms with Crippen molar-refractivity contribution in [1.82, 2.24) is 5.32 Å². The minimum Gasteiger partial charge on any atom is -0.432 e. The smallest absolute Gasteiger partial charge is 0.262 e. The van der Waals surface area contributed by atoms with Gasteiger partial charge < -0.3 is 15.4 Å². The fourth-order valence-electron chi connectivity index (χ4n) is 2.58. The second-order valence-electron chi connectivity index (χ2n) is 6.16. The predicted molar refractivity (Wildman–Crippen MR) is 125 cm³/mol. The van der Waals surface area contributed by atoms with Gasteiger partial charge in [0, 0.05) is 14.8 Å². The molecule has 3 aromatic rings. The molecule has 1 amide bonds. The Labute approximate surface area is 183 Å². The van der Waals surface area contributed by atoms with Gasteiger partial charge in [-0.05, 0) is 89.8 Å². The molecule has 0 aromatic heterocycles. The summed E-state index contributed by atoms with van der Waals surface area (Å²) in [4.78, 5) is 12.5. The van der Waals surface area contributed by atoms with Crippen LogP contribution in [0.3, 0.4) is 0 Å². The zero-order chi connectivity index (χ0) is 19.9. The van der Waals surface area contributed by atoms with Crippen molar-refractivity contribution in [3.63, 3.8) is 0 Å². The van der Waals surface area contributed by atoms with Gasteiger partial charge in [-0.15, -0.1) is 0 Å². The number of nitrogens with one attached hydrogen (secondary N) is 2. The number of hydrogen-bond donors (Lipinski definition) is 2. The number of thiocarbonyl (C=S) groups is 1. The lowest BCUT2D eigenvalue weighted by Crippen LogP contribution is -2.29. The summed E-state index contributed by atoms with van der Waals surface area (Å²) in [6.45, 7) is 2.01. The van der Waals surface area contributed by atoms with Crippen LogP contribution >= 0.6 is 34.8 Å². The van der Waals surface area contributed by atoms with Gasteiger partial charge in [-0.2, -0.15) is 0 Å². The third kappa shape index (κ3) is 5.77. The largest absolute Gasteiger partial charge is 0.432 e. The molecule has 3 aromatic carbocycles. The van der Waals surface area contributed by atoms with Crippen molar-refractivity contribution in [2.45, 2.75) is 13.0 Å². The molecule has 0 radical (unpaired) electrons. The molecule has 0 heterocycles. The van der Waals surface area contributed by atoms with E-state index in [1.807, 2.05) is 61.5 Å². The first-order valence-corrected chi connectivity index (χ1v) is 10.2. The molecular weight excluding hydrogens is 483 g/mol. The molecule has 1 atom stereocenters. The van der Waals surface area contributed by atoms with Gasteiger partial charge in [0.1, 0.15) is 5.75 Å². The van der Waals surface area contributed by atoms with Crippen molar-refractivity contribution < 1.29 is 9.53 Å². The molecule has 2 N–H and O–H groups in total. The molecule has 0 bridgehead atoms. The highest BCUT2D eigenvalue weighted by molar-refractivity contribution is 14.1. The van der Waals surface area contributed by atoms with Crippen molar-refractivity contribution in [3.05, 3.63) is 93.6 Å². The van der Waals surface area contributed by atoms with Crippen LogP contribution in [-0.4, -0.2) is 11.1 Å². The van der Waals surface area contributed by atoms with Crippen LogP contribution in [0.15, 0.2) is 78.9 Å². The molecule has 0 unspecified atom stereocenters. The summed E-state index contributed by atoms with van der Waals surface area (Å²) in [5.41, 5.74) is 2.35. The highest BCUT2D eigenvalue weighted by Crippen LogP contribution is 2.18. The van der Waals surface area contributed by atoms with Crippen LogP contribution in [0.25, 0.3) is 0 Å². The maximum atomic E-state index is 12.5. The lowest BCUT2D eigenvalue weighted by atomic mass is 10.1. The van der Waals surface area contributed by atoms with Gasteiger partial charge in [0.05, 0.1) is 6.04 Å². The molecule has 6 heteroatoms. The van der Waals surface area contributed by atoms with E-state index in [4.69, 9.17) is 17.0 Å². The summed E-state index contributed by atoms with van der Waals surface area (Å²) in [6, 6.07) is 24.5. The molecule has 28 heavy (non-hydrogen) atoms. The van der Waals surface area contributed by atoms with Crippen molar-refractivity contribution in [2.24, 2.45) is 0 Å². The summed E-state index contributed by atoms with van der Waals surface area (Å²) in [5.74, 6) is 0.302. The van der Waals surface area contributed by atoms with E-state index in [-0.39, 0.29) is 17.1 Å². The number of benzene rings is 3. The van der Waals surface area contributed by atoms with Gasteiger partial charge in [-0.3, -0.25) is 4.79 Å². The van der Waals surface area contributed by atoms with Crippen LogP contribution in [-0.2, 0) is 0 Å². The molecule has 0 saturated carbocycles. The normalized spacial score (nSPS) is 11.4. The quantitative estimate of drug-likeness (QED) is 0.355. The number of carbonyl (C=O) groups excluding carboxylic acids is 1. The van der Waals surface area contributed by atoms with Gasteiger partial charge in [0.2, 0.25) is 0 Å². The molecule has 0 saturated heterocycles. The average Bonchev–Trinajstić information content (AvgIpc) is 2.70. The van der Waals surface area contributed by atoms with E-state index in [9.17, 15) is 4.79 Å². The highest BCUT2D eigenvalue weighted by atomic mass is 127. The maximum Gasteiger partial charge on any atom is 0.262 e. The monoisotopic (exact) mass is 502 g/mol. The van der Waals surface area contributed by atoms with E-state index in [0.717, 1.165) is 14.8 Å². The summed E-state index contributed by atoms with van der Waals surface area (Å²) in [5, 5.41) is 6.28. The van der Waals surface area contributed by atoms with Gasteiger partial charge >= 0.3 is 0 Å². The highest BCUT2D eigenvalue weighted by Gasteiger charge is 2.11. The second kappa shape index (κ2) is 9.66. The van der Waals surface area contributed by atoms with Crippen LogP contribution in [0.5, 0.6) is 5.75 Å². The lowest BCUT2D eigenvalue weighted by molar-refractivity contribution is 0.102. The maximum absolute atomic E-state index is 12.5. The Balaban J connectivity index is 1.61. The molecule has 0 spiro atoms. The van der Waals surface area contributed by atoms with Crippen LogP contribution in [0.4, 0.5) is 5.69 Å². The number of carbonyl (C=O) groups is 1. The van der Waals surface area contributed by atoms with E-state index in [1.54, 1.807) is 24.3 Å². The average molecular weight is 502 g/mol. The minimum absolute atomic E-state index is 0.0149. The zero-order valence-electron chi connectivity index (χ0n) is 15.2. The van der Waals surface area contributed by atoms with Crippen LogP contribution in [0.1, 0.15) is 28.9 Å². The summed E-state index contributed by atoms with van der Waals surface area (Å²) in [6.07, 6.45) is 0. The van der Waals surface area contributed by atoms with Gasteiger partial charge in [0.25, 0.3) is 11.1 Å². The van der Waals surface area contributed by atoms with Crippen molar-refractivity contribution in [3.8, 4) is 5.75 Å². The Morgan fingerprint density at radius 2 is 1.71 bits per heavy atom. The van der Waals surface area contributed by atoms with Gasteiger partial charge in [0.15, 0.2) is 0 Å². The minimum atomic E-state index is -0.205. The van der Waals surface area contributed by atoms with Crippen molar-refractivity contribution in [2.75, 3.05) is 5.32 Å². The first-order valence-electron chi connectivity index (χ1n) is 8.71. The predicted octanol–water partition coefficient (Wildman–Crippen LogP) is 5.56. The molecule has 0 aliphatic carbocycles. The van der Waals surface area contributed by atoms with Crippen molar-refractivity contribution in [1.29, 1.82) is 0 Å². The van der Waals surface area contributed by atoms with E-state index < -0.39 is 0 Å². The molecule has 3 rings (SSSR count). The fourth-order valence-corrected chi connectivity index (χ4v) is 3.21. The number of rotatable bonds is 5. The van der Waals surface area contributed by atoms with Gasteiger partial charge in [-0.1, -0.05) is 36.4 Å². The lowest BCUT2D eigenvalue weighted by Gasteiger charge is -2.16. The van der Waals surface area contributed by atoms with Crippen LogP contribution in [0, 0.1) is 3.57 Å². The molecular formula is C22H19IN2O2S. The Morgan fingerprint density at radius 3 is 2.43 bits per heavy atom. The molecule has 4 nitrogen and oxygen atoms in total. The van der Waals surface area contributed by atoms with E-state index in [0.29, 0.717) is 11.3 Å². The van der Waals surface area contributed by atoms with Crippen molar-refractivity contribution >= 4 is 51.6 Å². The number of ether oxygens (including phenoxy) is 1. The molecule has 0 aliphatic rings. The first kappa shape index (κ1) is 20.3. The summed E-state index contributed by atoms with van der Waals surface area (Å²) < 4.78 is 6.81. The Morgan fingerprint density at radius 1 is 1.00 bits per heavy atom. The number of halogens is 1. The topological polar surface area (TPSA) is 50.4 Å². The van der Waals surface area contributed by atoms with Crippen LogP contribution < -0.4 is 15.4 Å². The van der Waals surface area contributed by atoms with E-state index in [1.165, 1.54) is 0 Å². The van der Waals surface area contributed by atoms with Gasteiger partial charge in [-0.25, -0.2) is 0 Å². The molecule has 0 aliphatic heterocycles. The molecule has 142 valence electrons. The SMILES string of the molecule is C[C@H](NC(=S)Oc1cccc(C(=O)Nc2ccc(I)cc2)c1)c1ccccc1. The van der Waals surface area contributed by atoms with E-state index in [2.05, 4.69) is 33.2 Å². The Hall–Kier alpha value is -2.45. The summed E-state index contributed by atoms with van der Waals surface area (Å²) in [7, 11) is 0. The standard InChI is InChI=1S/C22H19IN2O2S/c1-15(16-6-3-2-4-7-16)24-22(28)27-20-9-5-8-17(14-20)21(26)25-19-12-10-18(23)11-13-19/h2-15H,1H3,(H,24,28)(H,25,26)/t15-/m0/s1. The first-order chi connectivity index (χ1) is 13.5. The Bertz CT molecular complexity index is 962. The third-order valence-corrected chi connectivity index (χ3v) is 4.96. The third-order valence-electron chi connectivity index (χ3n) is 4.04. The number of anilines is 1. The zero-order valence-corrected chi connectivity index (χ0v) is 18.2. The number of amides is 1. The fraction of sp³-hybridized carbons (Fsp3) is 0.0909.